The van der Waals surface area contributed by atoms with Gasteiger partial charge in [0.1, 0.15) is 0 Å². The van der Waals surface area contributed by atoms with Crippen LogP contribution in [0.2, 0.25) is 0 Å². The van der Waals surface area contributed by atoms with Gasteiger partial charge in [-0.1, -0.05) is 0 Å². The first-order chi connectivity index (χ1) is 11.7. The van der Waals surface area contributed by atoms with Crippen LogP contribution in [0, 0.1) is 0 Å². The Labute approximate surface area is 157 Å². The highest BCUT2D eigenvalue weighted by molar-refractivity contribution is 4.92. The van der Waals surface area contributed by atoms with Crippen LogP contribution in [-0.4, -0.2) is 85.2 Å². The molecule has 4 heteroatoms. The maximum Gasteiger partial charge on any atom is 0.0153 e. The first-order valence-corrected chi connectivity index (χ1v) is 10.5. The van der Waals surface area contributed by atoms with Crippen LogP contribution >= 0.6 is 0 Å². The fourth-order valence-corrected chi connectivity index (χ4v) is 4.69. The van der Waals surface area contributed by atoms with Crippen molar-refractivity contribution in [2.75, 3.05) is 47.3 Å². The summed E-state index contributed by atoms with van der Waals surface area (Å²) in [5.74, 6) is 0. The minimum Gasteiger partial charge on any atom is -0.317 e. The van der Waals surface area contributed by atoms with E-state index in [0.717, 1.165) is 12.1 Å². The summed E-state index contributed by atoms with van der Waals surface area (Å²) in [6, 6.07) is 1.50. The summed E-state index contributed by atoms with van der Waals surface area (Å²) in [5, 5.41) is 3.45. The van der Waals surface area contributed by atoms with Crippen molar-refractivity contribution in [1.29, 1.82) is 0 Å². The van der Waals surface area contributed by atoms with E-state index in [9.17, 15) is 0 Å². The van der Waals surface area contributed by atoms with Gasteiger partial charge in [-0.15, -0.1) is 0 Å². The van der Waals surface area contributed by atoms with Crippen molar-refractivity contribution in [1.82, 2.24) is 20.0 Å². The zero-order valence-corrected chi connectivity index (χ0v) is 18.1. The molecule has 2 aliphatic rings. The normalized spacial score (nSPS) is 23.5. The minimum atomic E-state index is 0.317. The molecule has 0 spiro atoms. The van der Waals surface area contributed by atoms with Gasteiger partial charge in [0.05, 0.1) is 0 Å². The van der Waals surface area contributed by atoms with E-state index in [4.69, 9.17) is 0 Å². The minimum absolute atomic E-state index is 0.317. The molecule has 0 amide bonds. The molecule has 0 aromatic carbocycles. The molecule has 0 atom stereocenters. The molecule has 0 unspecified atom stereocenters. The average Bonchev–Trinajstić information content (AvgIpc) is 2.60. The molecule has 0 aliphatic carbocycles. The largest absolute Gasteiger partial charge is 0.317 e. The molecule has 2 heterocycles. The smallest absolute Gasteiger partial charge is 0.0153 e. The lowest BCUT2D eigenvalue weighted by atomic mass is 9.84. The molecule has 0 aromatic rings. The van der Waals surface area contributed by atoms with Crippen molar-refractivity contribution in [2.45, 2.75) is 89.4 Å². The Morgan fingerprint density at radius 1 is 0.800 bits per heavy atom. The second-order valence-electron chi connectivity index (χ2n) is 9.86. The zero-order valence-electron chi connectivity index (χ0n) is 18.1. The predicted octanol–water partition coefficient (Wildman–Crippen LogP) is 3.03. The molecule has 25 heavy (non-hydrogen) atoms. The van der Waals surface area contributed by atoms with E-state index >= 15 is 0 Å². The lowest BCUT2D eigenvalue weighted by Gasteiger charge is -2.47. The first kappa shape index (κ1) is 21.1. The highest BCUT2D eigenvalue weighted by Crippen LogP contribution is 2.32. The third kappa shape index (κ3) is 5.66. The molecule has 2 fully saturated rings. The molecule has 2 rings (SSSR count). The van der Waals surface area contributed by atoms with E-state index in [1.807, 2.05) is 0 Å². The molecular formula is C21H44N4. The molecule has 2 saturated heterocycles. The van der Waals surface area contributed by atoms with Gasteiger partial charge in [-0.2, -0.15) is 0 Å². The number of nitrogens with one attached hydrogen (secondary N) is 1. The van der Waals surface area contributed by atoms with Crippen molar-refractivity contribution in [3.63, 3.8) is 0 Å². The second kappa shape index (κ2) is 8.69. The van der Waals surface area contributed by atoms with E-state index in [0.29, 0.717) is 11.1 Å². The SMILES string of the molecule is CNC1CCN(C(C)(C)CCC(C)(C)N2CCC(N(C)C)CC2)CC1. The summed E-state index contributed by atoms with van der Waals surface area (Å²) in [5.41, 5.74) is 0.635. The van der Waals surface area contributed by atoms with Gasteiger partial charge in [0.25, 0.3) is 0 Å². The Morgan fingerprint density at radius 3 is 1.56 bits per heavy atom. The summed E-state index contributed by atoms with van der Waals surface area (Å²) in [6.45, 7) is 14.8. The molecule has 4 nitrogen and oxygen atoms in total. The summed E-state index contributed by atoms with van der Waals surface area (Å²) < 4.78 is 0. The van der Waals surface area contributed by atoms with E-state index in [-0.39, 0.29) is 0 Å². The number of rotatable bonds is 7. The van der Waals surface area contributed by atoms with E-state index < -0.39 is 0 Å². The molecule has 1 N–H and O–H groups in total. The average molecular weight is 353 g/mol. The molecule has 0 aromatic heterocycles. The summed E-state index contributed by atoms with van der Waals surface area (Å²) in [4.78, 5) is 7.88. The van der Waals surface area contributed by atoms with E-state index in [1.165, 1.54) is 64.7 Å². The molecule has 0 radical (unpaired) electrons. The number of hydrogen-bond donors (Lipinski definition) is 1. The van der Waals surface area contributed by atoms with Gasteiger partial charge < -0.3 is 10.2 Å². The Morgan fingerprint density at radius 2 is 1.20 bits per heavy atom. The fourth-order valence-electron chi connectivity index (χ4n) is 4.69. The zero-order chi connectivity index (χ0) is 18.7. The fraction of sp³-hybridized carbons (Fsp3) is 1.00. The highest BCUT2D eigenvalue weighted by Gasteiger charge is 2.35. The van der Waals surface area contributed by atoms with Gasteiger partial charge in [0.15, 0.2) is 0 Å². The van der Waals surface area contributed by atoms with Crippen molar-refractivity contribution in [2.24, 2.45) is 0 Å². The molecule has 0 saturated carbocycles. The Hall–Kier alpha value is -0.160. The predicted molar refractivity (Wildman–Crippen MR) is 109 cm³/mol. The van der Waals surface area contributed by atoms with Gasteiger partial charge in [0, 0.05) is 49.3 Å². The third-order valence-corrected chi connectivity index (χ3v) is 7.16. The molecule has 148 valence electrons. The topological polar surface area (TPSA) is 21.8 Å². The van der Waals surface area contributed by atoms with Crippen LogP contribution in [0.15, 0.2) is 0 Å². The van der Waals surface area contributed by atoms with Gasteiger partial charge >= 0.3 is 0 Å². The first-order valence-electron chi connectivity index (χ1n) is 10.5. The van der Waals surface area contributed by atoms with Crippen molar-refractivity contribution in [3.8, 4) is 0 Å². The lowest BCUT2D eigenvalue weighted by molar-refractivity contribution is 0.0296. The van der Waals surface area contributed by atoms with Gasteiger partial charge in [-0.25, -0.2) is 0 Å². The van der Waals surface area contributed by atoms with Crippen LogP contribution in [0.3, 0.4) is 0 Å². The number of piperidine rings is 2. The van der Waals surface area contributed by atoms with E-state index in [1.54, 1.807) is 0 Å². The standard InChI is InChI=1S/C21H44N4/c1-20(2,24-14-8-18(22-5)9-15-24)12-13-21(3,4)25-16-10-19(11-17-25)23(6)7/h18-19,22H,8-17H2,1-7H3. The highest BCUT2D eigenvalue weighted by atomic mass is 15.2. The van der Waals surface area contributed by atoms with Crippen molar-refractivity contribution in [3.05, 3.63) is 0 Å². The van der Waals surface area contributed by atoms with E-state index in [2.05, 4.69) is 68.9 Å². The lowest BCUT2D eigenvalue weighted by Crippen LogP contribution is -2.54. The van der Waals surface area contributed by atoms with Gasteiger partial charge in [-0.3, -0.25) is 9.80 Å². The summed E-state index contributed by atoms with van der Waals surface area (Å²) in [7, 11) is 6.56. The third-order valence-electron chi connectivity index (χ3n) is 7.16. The molecular weight excluding hydrogens is 308 g/mol. The van der Waals surface area contributed by atoms with Gasteiger partial charge in [-0.05, 0) is 87.4 Å². The van der Waals surface area contributed by atoms with Crippen LogP contribution < -0.4 is 5.32 Å². The maximum atomic E-state index is 3.45. The Bertz CT molecular complexity index is 389. The number of nitrogens with zero attached hydrogens (tertiary/aromatic N) is 3. The van der Waals surface area contributed by atoms with Crippen molar-refractivity contribution >= 4 is 0 Å². The maximum absolute atomic E-state index is 3.45. The van der Waals surface area contributed by atoms with Crippen LogP contribution in [0.1, 0.15) is 66.2 Å². The quantitative estimate of drug-likeness (QED) is 0.760. The summed E-state index contributed by atoms with van der Waals surface area (Å²) in [6.07, 6.45) is 7.80. The van der Waals surface area contributed by atoms with Crippen LogP contribution in [0.25, 0.3) is 0 Å². The Kier molecular flexibility index (Phi) is 7.35. The number of likely N-dealkylation sites (tertiary alicyclic amines) is 2. The summed E-state index contributed by atoms with van der Waals surface area (Å²) >= 11 is 0. The van der Waals surface area contributed by atoms with Crippen LogP contribution in [0.4, 0.5) is 0 Å². The van der Waals surface area contributed by atoms with Crippen molar-refractivity contribution < 1.29 is 0 Å². The van der Waals surface area contributed by atoms with Crippen LogP contribution in [-0.2, 0) is 0 Å². The molecule has 0 bridgehead atoms. The second-order valence-corrected chi connectivity index (χ2v) is 9.86. The molecule has 2 aliphatic heterocycles. The monoisotopic (exact) mass is 352 g/mol. The Balaban J connectivity index is 1.82. The van der Waals surface area contributed by atoms with Gasteiger partial charge in [0.2, 0.25) is 0 Å². The van der Waals surface area contributed by atoms with Crippen LogP contribution in [0.5, 0.6) is 0 Å². The number of hydrogen-bond acceptors (Lipinski definition) is 4.